The Kier molecular flexibility index (Phi) is 10.9. The summed E-state index contributed by atoms with van der Waals surface area (Å²) in [5.74, 6) is -0.427. The summed E-state index contributed by atoms with van der Waals surface area (Å²) in [6.45, 7) is 3.52. The molecule has 0 aliphatic carbocycles. The number of benzene rings is 2. The summed E-state index contributed by atoms with van der Waals surface area (Å²) in [6, 6.07) is 10.7. The van der Waals surface area contributed by atoms with Crippen LogP contribution in [0.25, 0.3) is 0 Å². The number of carbonyl (C=O) groups is 1. The number of nitrogens with zero attached hydrogens (tertiary/aromatic N) is 2. The molecule has 0 radical (unpaired) electrons. The number of aryl methyl sites for hydroxylation is 1. The number of aliphatic hydroxyl groups excluding tert-OH is 2. The fourth-order valence-electron chi connectivity index (χ4n) is 7.42. The SMILES string of the molecule is Cc1ccccc1C1CCC(C(=O)N(C)Cc2cc(C(F)F)cc(C(F)(F)F)c2)CCCN2CC(CCO)(CCO)CC12. The number of fused-ring (bicyclic) bond motifs is 1. The Bertz CT molecular complexity index is 1230. The van der Waals surface area contributed by atoms with Gasteiger partial charge >= 0.3 is 6.18 Å². The first kappa shape index (κ1) is 33.3. The van der Waals surface area contributed by atoms with Crippen molar-refractivity contribution in [2.24, 2.45) is 11.3 Å². The molecule has 2 aliphatic heterocycles. The largest absolute Gasteiger partial charge is 0.416 e. The summed E-state index contributed by atoms with van der Waals surface area (Å²) in [6.07, 6.45) is -3.09. The van der Waals surface area contributed by atoms with Crippen LogP contribution in [-0.4, -0.2) is 65.3 Å². The van der Waals surface area contributed by atoms with Crippen molar-refractivity contribution in [1.82, 2.24) is 9.80 Å². The van der Waals surface area contributed by atoms with Crippen molar-refractivity contribution in [3.63, 3.8) is 0 Å². The molecule has 0 spiro atoms. The molecule has 3 unspecified atom stereocenters. The lowest BCUT2D eigenvalue weighted by Crippen LogP contribution is -2.35. The van der Waals surface area contributed by atoms with Crippen LogP contribution in [0.4, 0.5) is 22.0 Å². The van der Waals surface area contributed by atoms with Crippen LogP contribution >= 0.6 is 0 Å². The zero-order valence-corrected chi connectivity index (χ0v) is 24.9. The summed E-state index contributed by atoms with van der Waals surface area (Å²) in [5, 5.41) is 19.7. The van der Waals surface area contributed by atoms with Crippen molar-refractivity contribution in [3.8, 4) is 0 Å². The monoisotopic (exact) mass is 610 g/mol. The number of aliphatic hydroxyl groups is 2. The maximum absolute atomic E-state index is 13.7. The van der Waals surface area contributed by atoms with E-state index in [0.29, 0.717) is 31.7 Å². The van der Waals surface area contributed by atoms with Crippen molar-refractivity contribution < 1.29 is 37.0 Å². The lowest BCUT2D eigenvalue weighted by molar-refractivity contribution is -0.137. The molecule has 3 atom stereocenters. The van der Waals surface area contributed by atoms with Gasteiger partial charge in [0.25, 0.3) is 6.43 Å². The highest BCUT2D eigenvalue weighted by Crippen LogP contribution is 2.48. The van der Waals surface area contributed by atoms with Gasteiger partial charge in [0.05, 0.1) is 5.56 Å². The molecule has 10 heteroatoms. The van der Waals surface area contributed by atoms with Crippen LogP contribution in [0.5, 0.6) is 0 Å². The summed E-state index contributed by atoms with van der Waals surface area (Å²) in [5.41, 5.74) is 0.355. The Morgan fingerprint density at radius 1 is 1.07 bits per heavy atom. The van der Waals surface area contributed by atoms with E-state index in [-0.39, 0.29) is 54.5 Å². The molecule has 0 aromatic heterocycles. The van der Waals surface area contributed by atoms with Gasteiger partial charge in [-0.15, -0.1) is 0 Å². The minimum absolute atomic E-state index is 0.0200. The van der Waals surface area contributed by atoms with E-state index in [4.69, 9.17) is 0 Å². The van der Waals surface area contributed by atoms with Gasteiger partial charge in [-0.25, -0.2) is 8.78 Å². The Hall–Kier alpha value is -2.56. The average Bonchev–Trinajstić information content (AvgIpc) is 3.32. The molecular weight excluding hydrogens is 567 g/mol. The maximum atomic E-state index is 13.7. The number of amides is 1. The van der Waals surface area contributed by atoms with Crippen molar-refractivity contribution in [2.75, 3.05) is 33.4 Å². The Balaban J connectivity index is 1.57. The van der Waals surface area contributed by atoms with Crippen molar-refractivity contribution >= 4 is 5.91 Å². The maximum Gasteiger partial charge on any atom is 0.416 e. The lowest BCUT2D eigenvalue weighted by atomic mass is 9.75. The topological polar surface area (TPSA) is 64.0 Å². The summed E-state index contributed by atoms with van der Waals surface area (Å²) in [7, 11) is 1.52. The van der Waals surface area contributed by atoms with Crippen LogP contribution in [0.2, 0.25) is 0 Å². The molecule has 2 aliphatic rings. The third kappa shape index (κ3) is 7.94. The molecule has 4 rings (SSSR count). The van der Waals surface area contributed by atoms with E-state index in [1.54, 1.807) is 0 Å². The molecule has 238 valence electrons. The van der Waals surface area contributed by atoms with E-state index in [9.17, 15) is 37.0 Å². The van der Waals surface area contributed by atoms with E-state index in [2.05, 4.69) is 24.0 Å². The standard InChI is InChI=1S/C33H43F5N2O3/c1-22-6-3-4-8-27(22)28-10-9-24(7-5-13-40-21-32(11-14-41,12-15-42)19-29(28)40)31(43)39(2)20-23-16-25(30(34)35)18-26(17-23)33(36,37)38/h3-4,6,8,16-18,24,28-30,41-42H,5,7,9-15,19-21H2,1-2H3. The molecule has 2 aromatic carbocycles. The van der Waals surface area contributed by atoms with E-state index in [1.807, 2.05) is 12.1 Å². The smallest absolute Gasteiger partial charge is 0.396 e. The third-order valence-electron chi connectivity index (χ3n) is 9.55. The summed E-state index contributed by atoms with van der Waals surface area (Å²) < 4.78 is 67.0. The van der Waals surface area contributed by atoms with Gasteiger partial charge < -0.3 is 15.1 Å². The molecule has 0 bridgehead atoms. The Morgan fingerprint density at radius 3 is 2.40 bits per heavy atom. The fraction of sp³-hybridized carbons (Fsp3) is 0.606. The summed E-state index contributed by atoms with van der Waals surface area (Å²) >= 11 is 0. The van der Waals surface area contributed by atoms with Crippen molar-refractivity contribution in [2.45, 2.75) is 83.0 Å². The van der Waals surface area contributed by atoms with Crippen LogP contribution in [-0.2, 0) is 17.5 Å². The molecular formula is C33H43F5N2O3. The molecule has 0 saturated carbocycles. The van der Waals surface area contributed by atoms with Gasteiger partial charge in [-0.3, -0.25) is 9.69 Å². The van der Waals surface area contributed by atoms with Crippen LogP contribution < -0.4 is 0 Å². The van der Waals surface area contributed by atoms with Crippen molar-refractivity contribution in [1.29, 1.82) is 0 Å². The number of rotatable bonds is 9. The number of carbonyl (C=O) groups excluding carboxylic acids is 1. The Labute approximate surface area is 250 Å². The fourth-order valence-corrected chi connectivity index (χ4v) is 7.42. The van der Waals surface area contributed by atoms with E-state index >= 15 is 0 Å². The van der Waals surface area contributed by atoms with Crippen LogP contribution in [0.1, 0.15) is 85.1 Å². The minimum Gasteiger partial charge on any atom is -0.396 e. The average molecular weight is 611 g/mol. The third-order valence-corrected chi connectivity index (χ3v) is 9.55. The quantitative estimate of drug-likeness (QED) is 0.310. The zero-order valence-electron chi connectivity index (χ0n) is 24.9. The highest BCUT2D eigenvalue weighted by Gasteiger charge is 2.46. The van der Waals surface area contributed by atoms with E-state index < -0.39 is 23.7 Å². The van der Waals surface area contributed by atoms with Gasteiger partial charge in [0.1, 0.15) is 0 Å². The second-order valence-electron chi connectivity index (χ2n) is 12.5. The number of alkyl halides is 5. The van der Waals surface area contributed by atoms with Crippen LogP contribution in [0.15, 0.2) is 42.5 Å². The highest BCUT2D eigenvalue weighted by atomic mass is 19.4. The first-order valence-electron chi connectivity index (χ1n) is 15.1. The van der Waals surface area contributed by atoms with Gasteiger partial charge in [0.15, 0.2) is 0 Å². The zero-order chi connectivity index (χ0) is 31.4. The van der Waals surface area contributed by atoms with Gasteiger partial charge in [-0.2, -0.15) is 13.2 Å². The number of hydrogen-bond acceptors (Lipinski definition) is 4. The highest BCUT2D eigenvalue weighted by molar-refractivity contribution is 5.78. The van der Waals surface area contributed by atoms with Gasteiger partial charge in [0, 0.05) is 50.9 Å². The first-order valence-corrected chi connectivity index (χ1v) is 15.1. The van der Waals surface area contributed by atoms with Crippen LogP contribution in [0, 0.1) is 18.3 Å². The lowest BCUT2D eigenvalue weighted by Gasteiger charge is -2.32. The van der Waals surface area contributed by atoms with Gasteiger partial charge in [0.2, 0.25) is 5.91 Å². The molecule has 2 aromatic rings. The molecule has 2 N–H and O–H groups in total. The molecule has 1 amide bonds. The predicted octanol–water partition coefficient (Wildman–Crippen LogP) is 6.71. The molecule has 43 heavy (non-hydrogen) atoms. The molecule has 2 fully saturated rings. The summed E-state index contributed by atoms with van der Waals surface area (Å²) in [4.78, 5) is 17.5. The molecule has 2 saturated heterocycles. The predicted molar refractivity (Wildman–Crippen MR) is 155 cm³/mol. The first-order chi connectivity index (χ1) is 20.4. The van der Waals surface area contributed by atoms with Gasteiger partial charge in [-0.05, 0) is 105 Å². The number of hydrogen-bond donors (Lipinski definition) is 2. The second kappa shape index (κ2) is 14.0. The Morgan fingerprint density at radius 2 is 1.77 bits per heavy atom. The minimum atomic E-state index is -4.77. The second-order valence-corrected chi connectivity index (χ2v) is 12.5. The molecule has 2 heterocycles. The van der Waals surface area contributed by atoms with Gasteiger partial charge in [-0.1, -0.05) is 24.3 Å². The number of halogens is 5. The molecule has 5 nitrogen and oxygen atoms in total. The van der Waals surface area contributed by atoms with E-state index in [1.165, 1.54) is 17.5 Å². The van der Waals surface area contributed by atoms with Crippen LogP contribution in [0.3, 0.4) is 0 Å². The van der Waals surface area contributed by atoms with E-state index in [0.717, 1.165) is 50.0 Å². The van der Waals surface area contributed by atoms with Crippen molar-refractivity contribution in [3.05, 3.63) is 70.3 Å². The normalized spacial score (nSPS) is 23.0.